The molecule has 18 heavy (non-hydrogen) atoms. The van der Waals surface area contributed by atoms with Crippen molar-refractivity contribution in [2.45, 2.75) is 13.3 Å². The fourth-order valence-electron chi connectivity index (χ4n) is 2.13. The molecule has 1 fully saturated rings. The van der Waals surface area contributed by atoms with Crippen LogP contribution in [0.5, 0.6) is 0 Å². The number of esters is 1. The summed E-state index contributed by atoms with van der Waals surface area (Å²) in [4.78, 5) is 29.4. The van der Waals surface area contributed by atoms with Crippen LogP contribution in [0.1, 0.15) is 22.6 Å². The predicted octanol–water partition coefficient (Wildman–Crippen LogP) is 1.03. The normalized spacial score (nSPS) is 18.8. The van der Waals surface area contributed by atoms with E-state index in [4.69, 9.17) is 4.74 Å². The number of amides is 1. The number of likely N-dealkylation sites (tertiary alicyclic amines) is 1. The second-order valence-corrected chi connectivity index (χ2v) is 4.42. The smallest absolute Gasteiger partial charge is 0.310 e. The van der Waals surface area contributed by atoms with Crippen molar-refractivity contribution in [1.82, 2.24) is 9.88 Å². The summed E-state index contributed by atoms with van der Waals surface area (Å²) < 4.78 is 4.69. The van der Waals surface area contributed by atoms with E-state index in [1.54, 1.807) is 11.0 Å². The highest BCUT2D eigenvalue weighted by Gasteiger charge is 2.32. The fraction of sp³-hybridized carbons (Fsp3) is 0.462. The van der Waals surface area contributed by atoms with E-state index < -0.39 is 0 Å². The first-order valence-electron chi connectivity index (χ1n) is 5.92. The second-order valence-electron chi connectivity index (χ2n) is 4.42. The van der Waals surface area contributed by atoms with Crippen LogP contribution < -0.4 is 0 Å². The lowest BCUT2D eigenvalue weighted by atomic mass is 10.1. The summed E-state index contributed by atoms with van der Waals surface area (Å²) in [7, 11) is 1.37. The molecule has 1 atom stereocenters. The lowest BCUT2D eigenvalue weighted by Crippen LogP contribution is -2.30. The number of aryl methyl sites for hydroxylation is 1. The number of aromatic nitrogens is 1. The van der Waals surface area contributed by atoms with Gasteiger partial charge in [-0.3, -0.25) is 9.59 Å². The number of ether oxygens (including phenoxy) is 1. The van der Waals surface area contributed by atoms with Gasteiger partial charge in [0.2, 0.25) is 0 Å². The third-order valence-corrected chi connectivity index (χ3v) is 3.12. The minimum absolute atomic E-state index is 0.120. The predicted molar refractivity (Wildman–Crippen MR) is 65.0 cm³/mol. The van der Waals surface area contributed by atoms with Crippen LogP contribution in [0.3, 0.4) is 0 Å². The summed E-state index contributed by atoms with van der Waals surface area (Å²) in [5.41, 5.74) is 1.24. The summed E-state index contributed by atoms with van der Waals surface area (Å²) in [6, 6.07) is 5.35. The first-order valence-corrected chi connectivity index (χ1v) is 5.92. The molecule has 0 aliphatic carbocycles. The molecule has 0 bridgehead atoms. The second kappa shape index (κ2) is 5.16. The Hall–Kier alpha value is -1.91. The Morgan fingerprint density at radius 3 is 2.89 bits per heavy atom. The van der Waals surface area contributed by atoms with Crippen molar-refractivity contribution in [3.8, 4) is 0 Å². The van der Waals surface area contributed by atoms with Crippen molar-refractivity contribution in [1.29, 1.82) is 0 Å². The average molecular weight is 248 g/mol. The van der Waals surface area contributed by atoms with E-state index >= 15 is 0 Å². The molecule has 1 aromatic rings. The summed E-state index contributed by atoms with van der Waals surface area (Å²) in [6.07, 6.45) is 0.657. The number of carbonyl (C=O) groups is 2. The van der Waals surface area contributed by atoms with Gasteiger partial charge < -0.3 is 9.64 Å². The summed E-state index contributed by atoms with van der Waals surface area (Å²) in [6.45, 7) is 2.84. The number of nitrogens with zero attached hydrogens (tertiary/aromatic N) is 2. The van der Waals surface area contributed by atoms with E-state index in [2.05, 4.69) is 4.98 Å². The quantitative estimate of drug-likeness (QED) is 0.733. The van der Waals surface area contributed by atoms with Gasteiger partial charge in [-0.15, -0.1) is 0 Å². The Kier molecular flexibility index (Phi) is 3.60. The molecule has 2 rings (SSSR count). The maximum absolute atomic E-state index is 12.2. The molecule has 1 unspecified atom stereocenters. The van der Waals surface area contributed by atoms with Crippen LogP contribution in [0.15, 0.2) is 18.2 Å². The number of hydrogen-bond acceptors (Lipinski definition) is 4. The van der Waals surface area contributed by atoms with Crippen LogP contribution in [0.2, 0.25) is 0 Å². The monoisotopic (exact) mass is 248 g/mol. The van der Waals surface area contributed by atoms with E-state index in [9.17, 15) is 9.59 Å². The third kappa shape index (κ3) is 2.50. The molecule has 1 amide bonds. The van der Waals surface area contributed by atoms with Gasteiger partial charge in [-0.1, -0.05) is 6.07 Å². The summed E-state index contributed by atoms with van der Waals surface area (Å²) >= 11 is 0. The van der Waals surface area contributed by atoms with Crippen molar-refractivity contribution in [3.63, 3.8) is 0 Å². The van der Waals surface area contributed by atoms with Gasteiger partial charge in [-0.2, -0.15) is 0 Å². The zero-order valence-electron chi connectivity index (χ0n) is 10.5. The number of rotatable bonds is 2. The maximum atomic E-state index is 12.2. The van der Waals surface area contributed by atoms with Crippen LogP contribution in [0.4, 0.5) is 0 Å². The van der Waals surface area contributed by atoms with Gasteiger partial charge in [-0.05, 0) is 25.5 Å². The molecule has 96 valence electrons. The molecule has 5 heteroatoms. The zero-order chi connectivity index (χ0) is 13.1. The van der Waals surface area contributed by atoms with Crippen LogP contribution in [-0.2, 0) is 9.53 Å². The lowest BCUT2D eigenvalue weighted by Gasteiger charge is -2.15. The lowest BCUT2D eigenvalue weighted by molar-refractivity contribution is -0.144. The SMILES string of the molecule is COC(=O)C1CCN(C(=O)c2cccc(C)n2)C1. The minimum Gasteiger partial charge on any atom is -0.469 e. The highest BCUT2D eigenvalue weighted by molar-refractivity contribution is 5.93. The van der Waals surface area contributed by atoms with Gasteiger partial charge in [-0.25, -0.2) is 4.98 Å². The minimum atomic E-state index is -0.248. The standard InChI is InChI=1S/C13H16N2O3/c1-9-4-3-5-11(14-9)12(16)15-7-6-10(8-15)13(17)18-2/h3-5,10H,6-8H2,1-2H3. The zero-order valence-corrected chi connectivity index (χ0v) is 10.5. The van der Waals surface area contributed by atoms with Crippen molar-refractivity contribution >= 4 is 11.9 Å². The average Bonchev–Trinajstić information content (AvgIpc) is 2.86. The van der Waals surface area contributed by atoms with Crippen LogP contribution in [0.25, 0.3) is 0 Å². The molecule has 0 N–H and O–H groups in total. The van der Waals surface area contributed by atoms with Gasteiger partial charge in [0, 0.05) is 18.8 Å². The van der Waals surface area contributed by atoms with Gasteiger partial charge in [0.15, 0.2) is 0 Å². The molecule has 1 aromatic heterocycles. The van der Waals surface area contributed by atoms with E-state index in [0.717, 1.165) is 5.69 Å². The number of methoxy groups -OCH3 is 1. The van der Waals surface area contributed by atoms with Crippen LogP contribution in [-0.4, -0.2) is 42.0 Å². The number of hydrogen-bond donors (Lipinski definition) is 0. The van der Waals surface area contributed by atoms with Crippen LogP contribution >= 0.6 is 0 Å². The highest BCUT2D eigenvalue weighted by atomic mass is 16.5. The van der Waals surface area contributed by atoms with Crippen molar-refractivity contribution in [2.75, 3.05) is 20.2 Å². The Bertz CT molecular complexity index is 473. The topological polar surface area (TPSA) is 59.5 Å². The van der Waals surface area contributed by atoms with E-state index in [1.807, 2.05) is 19.1 Å². The Morgan fingerprint density at radius 1 is 1.44 bits per heavy atom. The molecule has 0 aromatic carbocycles. The van der Waals surface area contributed by atoms with Gasteiger partial charge in [0.1, 0.15) is 5.69 Å². The van der Waals surface area contributed by atoms with Crippen molar-refractivity contribution < 1.29 is 14.3 Å². The molecule has 1 aliphatic rings. The van der Waals surface area contributed by atoms with Gasteiger partial charge in [0.25, 0.3) is 5.91 Å². The summed E-state index contributed by atoms with van der Waals surface area (Å²) in [5.74, 6) is -0.573. The molecular weight excluding hydrogens is 232 g/mol. The Labute approximate surface area is 106 Å². The van der Waals surface area contributed by atoms with E-state index in [1.165, 1.54) is 7.11 Å². The third-order valence-electron chi connectivity index (χ3n) is 3.12. The molecule has 0 saturated carbocycles. The molecule has 0 spiro atoms. The van der Waals surface area contributed by atoms with E-state index in [0.29, 0.717) is 25.2 Å². The molecule has 2 heterocycles. The fourth-order valence-corrected chi connectivity index (χ4v) is 2.13. The highest BCUT2D eigenvalue weighted by Crippen LogP contribution is 2.19. The maximum Gasteiger partial charge on any atom is 0.310 e. The van der Waals surface area contributed by atoms with E-state index in [-0.39, 0.29) is 17.8 Å². The van der Waals surface area contributed by atoms with Gasteiger partial charge in [0.05, 0.1) is 13.0 Å². The molecule has 0 radical (unpaired) electrons. The first kappa shape index (κ1) is 12.5. The Balaban J connectivity index is 2.06. The molecule has 1 saturated heterocycles. The molecule has 1 aliphatic heterocycles. The first-order chi connectivity index (χ1) is 8.61. The van der Waals surface area contributed by atoms with Crippen LogP contribution in [0, 0.1) is 12.8 Å². The largest absolute Gasteiger partial charge is 0.469 e. The van der Waals surface area contributed by atoms with Crippen molar-refractivity contribution in [3.05, 3.63) is 29.6 Å². The van der Waals surface area contributed by atoms with Crippen molar-refractivity contribution in [2.24, 2.45) is 5.92 Å². The molecule has 5 nitrogen and oxygen atoms in total. The number of pyridine rings is 1. The summed E-state index contributed by atoms with van der Waals surface area (Å²) in [5, 5.41) is 0. The number of carbonyl (C=O) groups excluding carboxylic acids is 2. The Morgan fingerprint density at radius 2 is 2.22 bits per heavy atom. The molecular formula is C13H16N2O3. The van der Waals surface area contributed by atoms with Gasteiger partial charge >= 0.3 is 5.97 Å².